The zero-order valence-electron chi connectivity index (χ0n) is 17.7. The summed E-state index contributed by atoms with van der Waals surface area (Å²) in [6.07, 6.45) is 3.19. The van der Waals surface area contributed by atoms with E-state index in [0.29, 0.717) is 18.0 Å². The molecule has 1 amide bonds. The van der Waals surface area contributed by atoms with Crippen molar-refractivity contribution >= 4 is 11.6 Å². The molecule has 1 aromatic heterocycles. The molecule has 0 radical (unpaired) electrons. The maximum Gasteiger partial charge on any atom is 0.235 e. The minimum atomic E-state index is -0.530. The lowest BCUT2D eigenvalue weighted by atomic mass is 10.0. The molecule has 0 aliphatic rings. The first-order valence-electron chi connectivity index (χ1n) is 10.4. The van der Waals surface area contributed by atoms with Crippen LogP contribution < -0.4 is 5.32 Å². The highest BCUT2D eigenvalue weighted by Gasteiger charge is 2.23. The van der Waals surface area contributed by atoms with E-state index in [1.807, 2.05) is 55.5 Å². The number of halogens is 1. The smallest absolute Gasteiger partial charge is 0.235 e. The van der Waals surface area contributed by atoms with E-state index in [1.54, 1.807) is 24.7 Å². The normalized spacial score (nSPS) is 11.8. The number of amides is 1. The summed E-state index contributed by atoms with van der Waals surface area (Å²) >= 11 is 0. The molecule has 6 heteroatoms. The van der Waals surface area contributed by atoms with Crippen LogP contribution in [0.15, 0.2) is 85.3 Å². The van der Waals surface area contributed by atoms with E-state index in [9.17, 15) is 9.18 Å². The number of hydrogen-bond donors (Lipinski definition) is 2. The van der Waals surface area contributed by atoms with Gasteiger partial charge in [-0.15, -0.1) is 0 Å². The van der Waals surface area contributed by atoms with Gasteiger partial charge in [0.1, 0.15) is 11.7 Å². The number of imidazole rings is 1. The van der Waals surface area contributed by atoms with Crippen molar-refractivity contribution in [2.24, 2.45) is 0 Å². The van der Waals surface area contributed by atoms with E-state index in [2.05, 4.69) is 15.3 Å². The minimum Gasteiger partial charge on any atom is -0.376 e. The highest BCUT2D eigenvalue weighted by molar-refractivity contribution is 5.96. The molecular formula is C26H24FN3O2. The van der Waals surface area contributed by atoms with Crippen molar-refractivity contribution in [2.45, 2.75) is 19.4 Å². The number of benzene rings is 3. The molecule has 1 unspecified atom stereocenters. The molecule has 162 valence electrons. The number of H-pyrrole nitrogens is 1. The summed E-state index contributed by atoms with van der Waals surface area (Å²) in [4.78, 5) is 20.2. The van der Waals surface area contributed by atoms with Crippen molar-refractivity contribution in [1.29, 1.82) is 0 Å². The van der Waals surface area contributed by atoms with E-state index in [0.717, 1.165) is 22.3 Å². The second kappa shape index (κ2) is 10.0. The maximum atomic E-state index is 13.2. The molecule has 2 N–H and O–H groups in total. The van der Waals surface area contributed by atoms with Gasteiger partial charge in [-0.3, -0.25) is 4.79 Å². The molecule has 0 fully saturated rings. The molecule has 0 saturated carbocycles. The second-order valence-electron chi connectivity index (χ2n) is 7.59. The number of nitrogens with zero attached hydrogens (tertiary/aromatic N) is 1. The lowest BCUT2D eigenvalue weighted by Crippen LogP contribution is -2.25. The summed E-state index contributed by atoms with van der Waals surface area (Å²) in [6.45, 7) is 2.57. The number of aryl methyl sites for hydroxylation is 1. The van der Waals surface area contributed by atoms with Crippen molar-refractivity contribution in [1.82, 2.24) is 9.97 Å². The van der Waals surface area contributed by atoms with Crippen LogP contribution in [0, 0.1) is 12.7 Å². The van der Waals surface area contributed by atoms with Gasteiger partial charge in [0, 0.05) is 17.6 Å². The molecule has 0 aliphatic heterocycles. The number of rotatable bonds is 8. The van der Waals surface area contributed by atoms with Crippen LogP contribution >= 0.6 is 0 Å². The van der Waals surface area contributed by atoms with Crippen LogP contribution in [0.4, 0.5) is 10.1 Å². The Morgan fingerprint density at radius 1 is 1.06 bits per heavy atom. The highest BCUT2D eigenvalue weighted by Crippen LogP contribution is 2.26. The van der Waals surface area contributed by atoms with Crippen molar-refractivity contribution in [3.63, 3.8) is 0 Å². The quantitative estimate of drug-likeness (QED) is 0.391. The molecule has 1 atom stereocenters. The molecule has 0 aliphatic carbocycles. The molecule has 5 nitrogen and oxygen atoms in total. The molecular weight excluding hydrogens is 405 g/mol. The van der Waals surface area contributed by atoms with Crippen LogP contribution in [0.3, 0.4) is 0 Å². The summed E-state index contributed by atoms with van der Waals surface area (Å²) in [7, 11) is 0. The van der Waals surface area contributed by atoms with Crippen LogP contribution in [-0.2, 0) is 16.1 Å². The molecule has 0 saturated heterocycles. The average Bonchev–Trinajstić information content (AvgIpc) is 3.34. The van der Waals surface area contributed by atoms with Crippen molar-refractivity contribution in [2.75, 3.05) is 11.9 Å². The van der Waals surface area contributed by atoms with Gasteiger partial charge in [0.25, 0.3) is 0 Å². The summed E-state index contributed by atoms with van der Waals surface area (Å²) < 4.78 is 19.0. The van der Waals surface area contributed by atoms with Crippen molar-refractivity contribution in [3.8, 4) is 11.1 Å². The SMILES string of the molecule is Cc1cc(-c2ccc(F)cc2)ccc1NC(=O)C(COCc1ccccc1)c1cnc[nH]1. The number of nitrogens with one attached hydrogen (secondary N) is 2. The third-order valence-corrected chi connectivity index (χ3v) is 5.27. The molecule has 0 spiro atoms. The first kappa shape index (κ1) is 21.5. The summed E-state index contributed by atoms with van der Waals surface area (Å²) in [6, 6.07) is 21.9. The van der Waals surface area contributed by atoms with Gasteiger partial charge in [-0.25, -0.2) is 9.37 Å². The number of hydrogen-bond acceptors (Lipinski definition) is 3. The van der Waals surface area contributed by atoms with Gasteiger partial charge in [0.2, 0.25) is 5.91 Å². The first-order valence-corrected chi connectivity index (χ1v) is 10.4. The highest BCUT2D eigenvalue weighted by atomic mass is 19.1. The minimum absolute atomic E-state index is 0.181. The molecule has 32 heavy (non-hydrogen) atoms. The van der Waals surface area contributed by atoms with E-state index in [4.69, 9.17) is 4.74 Å². The summed E-state index contributed by atoms with van der Waals surface area (Å²) in [5.74, 6) is -0.981. The number of aromatic nitrogens is 2. The zero-order valence-corrected chi connectivity index (χ0v) is 17.7. The monoisotopic (exact) mass is 429 g/mol. The third-order valence-electron chi connectivity index (χ3n) is 5.27. The molecule has 4 rings (SSSR count). The van der Waals surface area contributed by atoms with Gasteiger partial charge >= 0.3 is 0 Å². The van der Waals surface area contributed by atoms with E-state index >= 15 is 0 Å². The number of carbonyl (C=O) groups is 1. The van der Waals surface area contributed by atoms with Gasteiger partial charge in [0.05, 0.1) is 19.5 Å². The first-order chi connectivity index (χ1) is 15.6. The Balaban J connectivity index is 1.46. The second-order valence-corrected chi connectivity index (χ2v) is 7.59. The van der Waals surface area contributed by atoms with Crippen molar-refractivity contribution in [3.05, 3.63) is 108 Å². The Hall–Kier alpha value is -3.77. The Morgan fingerprint density at radius 3 is 2.50 bits per heavy atom. The van der Waals surface area contributed by atoms with Gasteiger partial charge in [-0.05, 0) is 53.4 Å². The third kappa shape index (κ3) is 5.28. The lowest BCUT2D eigenvalue weighted by Gasteiger charge is -2.17. The Labute approximate surface area is 186 Å². The predicted molar refractivity (Wildman–Crippen MR) is 123 cm³/mol. The van der Waals surface area contributed by atoms with E-state index in [1.165, 1.54) is 12.1 Å². The number of aromatic amines is 1. The van der Waals surface area contributed by atoms with Crippen LogP contribution in [0.2, 0.25) is 0 Å². The van der Waals surface area contributed by atoms with Gasteiger partial charge in [-0.2, -0.15) is 0 Å². The van der Waals surface area contributed by atoms with Gasteiger partial charge in [-0.1, -0.05) is 48.5 Å². The number of carbonyl (C=O) groups excluding carboxylic acids is 1. The fourth-order valence-corrected chi connectivity index (χ4v) is 3.48. The molecule has 1 heterocycles. The van der Waals surface area contributed by atoms with Gasteiger partial charge < -0.3 is 15.0 Å². The van der Waals surface area contributed by atoms with Gasteiger partial charge in [0.15, 0.2) is 0 Å². The summed E-state index contributed by atoms with van der Waals surface area (Å²) in [5.41, 5.74) is 5.23. The number of anilines is 1. The maximum absolute atomic E-state index is 13.2. The van der Waals surface area contributed by atoms with Crippen molar-refractivity contribution < 1.29 is 13.9 Å². The Morgan fingerprint density at radius 2 is 1.81 bits per heavy atom. The standard InChI is InChI=1S/C26H24FN3O2/c1-18-13-21(20-7-10-22(27)11-8-20)9-12-24(18)30-26(31)23(25-14-28-17-29-25)16-32-15-19-5-3-2-4-6-19/h2-14,17,23H,15-16H2,1H3,(H,28,29)(H,30,31). The average molecular weight is 429 g/mol. The fourth-order valence-electron chi connectivity index (χ4n) is 3.48. The molecule has 3 aromatic carbocycles. The topological polar surface area (TPSA) is 67.0 Å². The zero-order chi connectivity index (χ0) is 22.3. The molecule has 0 bridgehead atoms. The lowest BCUT2D eigenvalue weighted by molar-refractivity contribution is -0.119. The Kier molecular flexibility index (Phi) is 6.72. The Bertz CT molecular complexity index is 1160. The van der Waals surface area contributed by atoms with Crippen LogP contribution in [0.25, 0.3) is 11.1 Å². The van der Waals surface area contributed by atoms with E-state index in [-0.39, 0.29) is 18.3 Å². The van der Waals surface area contributed by atoms with Crippen LogP contribution in [-0.4, -0.2) is 22.5 Å². The molecule has 4 aromatic rings. The fraction of sp³-hybridized carbons (Fsp3) is 0.154. The van der Waals surface area contributed by atoms with E-state index < -0.39 is 5.92 Å². The largest absolute Gasteiger partial charge is 0.376 e. The summed E-state index contributed by atoms with van der Waals surface area (Å²) in [5, 5.41) is 3.01. The number of ether oxygens (including phenoxy) is 1. The predicted octanol–water partition coefficient (Wildman–Crippen LogP) is 5.46. The van der Waals surface area contributed by atoms with Crippen LogP contribution in [0.5, 0.6) is 0 Å². The van der Waals surface area contributed by atoms with Crippen LogP contribution in [0.1, 0.15) is 22.7 Å².